The maximum atomic E-state index is 12.3. The van der Waals surface area contributed by atoms with Crippen LogP contribution in [0.25, 0.3) is 0 Å². The summed E-state index contributed by atoms with van der Waals surface area (Å²) in [7, 11) is 0. The molecule has 0 radical (unpaired) electrons. The molecule has 128 valence electrons. The van der Waals surface area contributed by atoms with Gasteiger partial charge in [0.05, 0.1) is 5.02 Å². The summed E-state index contributed by atoms with van der Waals surface area (Å²) >= 11 is 11.9. The van der Waals surface area contributed by atoms with Crippen LogP contribution in [0.15, 0.2) is 42.5 Å². The number of carbonyl (C=O) groups excluding carboxylic acids is 1. The van der Waals surface area contributed by atoms with E-state index in [-0.39, 0.29) is 5.91 Å². The number of hydrogen-bond donors (Lipinski definition) is 1. The number of halogens is 2. The van der Waals surface area contributed by atoms with Crippen LogP contribution in [0.4, 0.5) is 5.69 Å². The fraction of sp³-hybridized carbons (Fsp3) is 0.316. The monoisotopic (exact) mass is 365 g/mol. The van der Waals surface area contributed by atoms with Crippen molar-refractivity contribution in [1.82, 2.24) is 0 Å². The summed E-state index contributed by atoms with van der Waals surface area (Å²) in [6.07, 6.45) is 0.399. The van der Waals surface area contributed by atoms with Crippen LogP contribution in [0, 0.1) is 0 Å². The molecule has 5 heteroatoms. The van der Waals surface area contributed by atoms with Crippen LogP contribution in [-0.2, 0) is 4.79 Å². The van der Waals surface area contributed by atoms with E-state index in [9.17, 15) is 4.79 Å². The van der Waals surface area contributed by atoms with Crippen LogP contribution in [0.3, 0.4) is 0 Å². The van der Waals surface area contributed by atoms with Crippen LogP contribution < -0.4 is 10.1 Å². The minimum atomic E-state index is -0.682. The molecule has 24 heavy (non-hydrogen) atoms. The summed E-state index contributed by atoms with van der Waals surface area (Å²) in [5.74, 6) is 0.692. The zero-order chi connectivity index (χ0) is 17.7. The van der Waals surface area contributed by atoms with Crippen LogP contribution >= 0.6 is 23.2 Å². The van der Waals surface area contributed by atoms with E-state index in [0.29, 0.717) is 21.7 Å². The number of anilines is 1. The van der Waals surface area contributed by atoms with Crippen molar-refractivity contribution < 1.29 is 9.53 Å². The molecule has 0 bridgehead atoms. The first kappa shape index (κ1) is 18.6. The van der Waals surface area contributed by atoms with E-state index >= 15 is 0 Å². The van der Waals surface area contributed by atoms with Gasteiger partial charge in [0.15, 0.2) is 6.10 Å². The smallest absolute Gasteiger partial charge is 0.265 e. The van der Waals surface area contributed by atoms with Crippen molar-refractivity contribution in [3.05, 3.63) is 58.1 Å². The Kier molecular flexibility index (Phi) is 6.52. The number of rotatable bonds is 6. The standard InChI is InChI=1S/C19H21Cl2NO2/c1-4-12(2)14-5-8-16(9-6-14)22-19(23)13(3)24-18-10-7-15(20)11-17(18)21/h5-13H,4H2,1-3H3,(H,22,23). The summed E-state index contributed by atoms with van der Waals surface area (Å²) in [4.78, 5) is 12.3. The number of hydrogen-bond acceptors (Lipinski definition) is 2. The predicted molar refractivity (Wildman–Crippen MR) is 100 cm³/mol. The second-order valence-electron chi connectivity index (χ2n) is 5.76. The van der Waals surface area contributed by atoms with Crippen molar-refractivity contribution in [2.24, 2.45) is 0 Å². The van der Waals surface area contributed by atoms with Crippen LogP contribution in [0.2, 0.25) is 10.0 Å². The number of ether oxygens (including phenoxy) is 1. The Labute approximate surface area is 152 Å². The van der Waals surface area contributed by atoms with Gasteiger partial charge in [-0.15, -0.1) is 0 Å². The molecule has 0 aliphatic carbocycles. The molecule has 2 atom stereocenters. The summed E-state index contributed by atoms with van der Waals surface area (Å²) in [6, 6.07) is 12.8. The molecular weight excluding hydrogens is 345 g/mol. The van der Waals surface area contributed by atoms with Gasteiger partial charge in [0, 0.05) is 10.7 Å². The predicted octanol–water partition coefficient (Wildman–Crippen LogP) is 5.91. The lowest BCUT2D eigenvalue weighted by molar-refractivity contribution is -0.122. The molecule has 0 aliphatic heterocycles. The van der Waals surface area contributed by atoms with Crippen LogP contribution in [-0.4, -0.2) is 12.0 Å². The van der Waals surface area contributed by atoms with E-state index in [1.54, 1.807) is 25.1 Å². The van der Waals surface area contributed by atoms with Gasteiger partial charge in [-0.05, 0) is 55.2 Å². The van der Waals surface area contributed by atoms with Crippen molar-refractivity contribution in [2.75, 3.05) is 5.32 Å². The molecule has 0 spiro atoms. The summed E-state index contributed by atoms with van der Waals surface area (Å²) in [5, 5.41) is 3.74. The first-order valence-corrected chi connectivity index (χ1v) is 8.68. The van der Waals surface area contributed by atoms with Crippen molar-refractivity contribution in [3.63, 3.8) is 0 Å². The highest BCUT2D eigenvalue weighted by Gasteiger charge is 2.16. The van der Waals surface area contributed by atoms with Gasteiger partial charge in [-0.1, -0.05) is 49.2 Å². The Bertz CT molecular complexity index is 701. The third-order valence-corrected chi connectivity index (χ3v) is 4.46. The van der Waals surface area contributed by atoms with Crippen LogP contribution in [0.5, 0.6) is 5.75 Å². The lowest BCUT2D eigenvalue weighted by Gasteiger charge is -2.16. The highest BCUT2D eigenvalue weighted by Crippen LogP contribution is 2.28. The van der Waals surface area contributed by atoms with E-state index in [4.69, 9.17) is 27.9 Å². The molecular formula is C19H21Cl2NO2. The topological polar surface area (TPSA) is 38.3 Å². The summed E-state index contributed by atoms with van der Waals surface area (Å²) in [5.41, 5.74) is 2.00. The molecule has 1 N–H and O–H groups in total. The van der Waals surface area contributed by atoms with Gasteiger partial charge in [-0.2, -0.15) is 0 Å². The summed E-state index contributed by atoms with van der Waals surface area (Å²) < 4.78 is 5.61. The Morgan fingerprint density at radius 3 is 2.38 bits per heavy atom. The first-order chi connectivity index (χ1) is 11.4. The van der Waals surface area contributed by atoms with E-state index in [1.807, 2.05) is 24.3 Å². The second kappa shape index (κ2) is 8.41. The molecule has 0 fully saturated rings. The highest BCUT2D eigenvalue weighted by atomic mass is 35.5. The fourth-order valence-electron chi connectivity index (χ4n) is 2.19. The minimum absolute atomic E-state index is 0.239. The molecule has 2 aromatic carbocycles. The lowest BCUT2D eigenvalue weighted by atomic mass is 9.99. The van der Waals surface area contributed by atoms with Crippen molar-refractivity contribution in [2.45, 2.75) is 39.2 Å². The second-order valence-corrected chi connectivity index (χ2v) is 6.60. The third kappa shape index (κ3) is 4.89. The zero-order valence-electron chi connectivity index (χ0n) is 14.0. The van der Waals surface area contributed by atoms with Gasteiger partial charge >= 0.3 is 0 Å². The Hall–Kier alpha value is -1.71. The Morgan fingerprint density at radius 2 is 1.79 bits per heavy atom. The number of nitrogens with one attached hydrogen (secondary N) is 1. The zero-order valence-corrected chi connectivity index (χ0v) is 15.5. The van der Waals surface area contributed by atoms with E-state index in [2.05, 4.69) is 19.2 Å². The van der Waals surface area contributed by atoms with E-state index in [0.717, 1.165) is 12.1 Å². The largest absolute Gasteiger partial charge is 0.479 e. The third-order valence-electron chi connectivity index (χ3n) is 3.93. The number of carbonyl (C=O) groups is 1. The average Bonchev–Trinajstić information content (AvgIpc) is 2.57. The molecule has 2 unspecified atom stereocenters. The molecule has 2 rings (SSSR count). The molecule has 1 amide bonds. The minimum Gasteiger partial charge on any atom is -0.479 e. The molecule has 3 nitrogen and oxygen atoms in total. The Morgan fingerprint density at radius 1 is 1.12 bits per heavy atom. The quantitative estimate of drug-likeness (QED) is 0.690. The Balaban J connectivity index is 1.98. The van der Waals surface area contributed by atoms with Gasteiger partial charge in [0.25, 0.3) is 5.91 Å². The molecule has 0 heterocycles. The molecule has 0 aliphatic rings. The maximum absolute atomic E-state index is 12.3. The van der Waals surface area contributed by atoms with Crippen LogP contribution in [0.1, 0.15) is 38.7 Å². The van der Waals surface area contributed by atoms with Gasteiger partial charge in [-0.25, -0.2) is 0 Å². The molecule has 0 saturated heterocycles. The van der Waals surface area contributed by atoms with Gasteiger partial charge < -0.3 is 10.1 Å². The number of amides is 1. The van der Waals surface area contributed by atoms with Gasteiger partial charge in [0.2, 0.25) is 0 Å². The first-order valence-electron chi connectivity index (χ1n) is 7.93. The number of benzene rings is 2. The molecule has 2 aromatic rings. The van der Waals surface area contributed by atoms with Crippen molar-refractivity contribution in [1.29, 1.82) is 0 Å². The average molecular weight is 366 g/mol. The lowest BCUT2D eigenvalue weighted by Crippen LogP contribution is -2.30. The molecule has 0 saturated carbocycles. The van der Waals surface area contributed by atoms with Gasteiger partial charge in [0.1, 0.15) is 5.75 Å². The fourth-order valence-corrected chi connectivity index (χ4v) is 2.64. The normalized spacial score (nSPS) is 13.2. The SMILES string of the molecule is CCC(C)c1ccc(NC(=O)C(C)Oc2ccc(Cl)cc2Cl)cc1. The highest BCUT2D eigenvalue weighted by molar-refractivity contribution is 6.35. The van der Waals surface area contributed by atoms with E-state index < -0.39 is 6.10 Å². The van der Waals surface area contributed by atoms with Crippen molar-refractivity contribution >= 4 is 34.8 Å². The molecule has 0 aromatic heterocycles. The summed E-state index contributed by atoms with van der Waals surface area (Å²) in [6.45, 7) is 6.01. The maximum Gasteiger partial charge on any atom is 0.265 e. The van der Waals surface area contributed by atoms with E-state index in [1.165, 1.54) is 5.56 Å². The van der Waals surface area contributed by atoms with Gasteiger partial charge in [-0.3, -0.25) is 4.79 Å². The van der Waals surface area contributed by atoms with Crippen molar-refractivity contribution in [3.8, 4) is 5.75 Å².